The first kappa shape index (κ1) is 16.5. The van der Waals surface area contributed by atoms with Gasteiger partial charge in [-0.2, -0.15) is 13.2 Å². The Balaban J connectivity index is 1.80. The summed E-state index contributed by atoms with van der Waals surface area (Å²) in [5, 5.41) is 9.59. The minimum Gasteiger partial charge on any atom is -0.380 e. The standard InChI is InChI=1S/C13H22F3N3O2/c1-17-6-8-19(9-7-17)11(20)10-18-4-2-12(21,3-5-18)13(14,15)16/h21H,2-10H2,1H3. The average Bonchev–Trinajstić information content (AvgIpc) is 2.41. The minimum absolute atomic E-state index is 0.0412. The average molecular weight is 309 g/mol. The highest BCUT2D eigenvalue weighted by Gasteiger charge is 2.54. The number of hydrogen-bond acceptors (Lipinski definition) is 4. The number of carbonyl (C=O) groups excluding carboxylic acids is 1. The molecule has 2 fully saturated rings. The highest BCUT2D eigenvalue weighted by atomic mass is 19.4. The van der Waals surface area contributed by atoms with Crippen LogP contribution in [0.2, 0.25) is 0 Å². The number of amides is 1. The van der Waals surface area contributed by atoms with Gasteiger partial charge in [-0.1, -0.05) is 0 Å². The molecule has 21 heavy (non-hydrogen) atoms. The van der Waals surface area contributed by atoms with Crippen LogP contribution in [0, 0.1) is 0 Å². The number of nitrogens with zero attached hydrogens (tertiary/aromatic N) is 3. The van der Waals surface area contributed by atoms with Gasteiger partial charge in [-0.05, 0) is 19.9 Å². The molecular weight excluding hydrogens is 287 g/mol. The SMILES string of the molecule is CN1CCN(C(=O)CN2CCC(O)(C(F)(F)F)CC2)CC1. The molecule has 0 aromatic rings. The molecule has 1 amide bonds. The van der Waals surface area contributed by atoms with E-state index >= 15 is 0 Å². The van der Waals surface area contributed by atoms with Gasteiger partial charge in [0.05, 0.1) is 6.54 Å². The zero-order valence-electron chi connectivity index (χ0n) is 12.2. The largest absolute Gasteiger partial charge is 0.417 e. The fraction of sp³-hybridized carbons (Fsp3) is 0.923. The molecular formula is C13H22F3N3O2. The van der Waals surface area contributed by atoms with Crippen molar-refractivity contribution in [3.05, 3.63) is 0 Å². The maximum absolute atomic E-state index is 12.7. The zero-order valence-corrected chi connectivity index (χ0v) is 12.2. The van der Waals surface area contributed by atoms with Crippen LogP contribution in [0.25, 0.3) is 0 Å². The van der Waals surface area contributed by atoms with Crippen molar-refractivity contribution in [2.45, 2.75) is 24.6 Å². The van der Waals surface area contributed by atoms with Crippen molar-refractivity contribution in [2.75, 3.05) is 52.9 Å². The summed E-state index contributed by atoms with van der Waals surface area (Å²) in [7, 11) is 1.99. The van der Waals surface area contributed by atoms with Gasteiger partial charge < -0.3 is 14.9 Å². The quantitative estimate of drug-likeness (QED) is 0.789. The molecule has 122 valence electrons. The van der Waals surface area contributed by atoms with Gasteiger partial charge in [0.2, 0.25) is 5.91 Å². The lowest BCUT2D eigenvalue weighted by molar-refractivity contribution is -0.272. The highest BCUT2D eigenvalue weighted by Crippen LogP contribution is 2.38. The van der Waals surface area contributed by atoms with Gasteiger partial charge in [-0.3, -0.25) is 9.69 Å². The van der Waals surface area contributed by atoms with E-state index in [2.05, 4.69) is 4.90 Å². The van der Waals surface area contributed by atoms with E-state index in [1.54, 1.807) is 9.80 Å². The first-order valence-corrected chi connectivity index (χ1v) is 7.19. The van der Waals surface area contributed by atoms with Crippen molar-refractivity contribution in [3.8, 4) is 0 Å². The summed E-state index contributed by atoms with van der Waals surface area (Å²) >= 11 is 0. The molecule has 5 nitrogen and oxygen atoms in total. The number of piperidine rings is 1. The summed E-state index contributed by atoms with van der Waals surface area (Å²) in [6.07, 6.45) is -5.33. The van der Waals surface area contributed by atoms with Gasteiger partial charge in [0, 0.05) is 39.3 Å². The van der Waals surface area contributed by atoms with Crippen molar-refractivity contribution >= 4 is 5.91 Å². The Labute approximate surface area is 122 Å². The second kappa shape index (κ2) is 6.10. The lowest BCUT2D eigenvalue weighted by Crippen LogP contribution is -2.55. The van der Waals surface area contributed by atoms with E-state index in [0.29, 0.717) is 13.1 Å². The summed E-state index contributed by atoms with van der Waals surface area (Å²) in [6, 6.07) is 0. The Morgan fingerprint density at radius 1 is 1.10 bits per heavy atom. The Morgan fingerprint density at radius 3 is 2.10 bits per heavy atom. The lowest BCUT2D eigenvalue weighted by Gasteiger charge is -2.40. The summed E-state index contributed by atoms with van der Waals surface area (Å²) in [5.41, 5.74) is -2.60. The van der Waals surface area contributed by atoms with Crippen LogP contribution in [0.5, 0.6) is 0 Å². The molecule has 2 heterocycles. The summed E-state index contributed by atoms with van der Waals surface area (Å²) in [4.78, 5) is 17.7. The smallest absolute Gasteiger partial charge is 0.380 e. The van der Waals surface area contributed by atoms with Crippen LogP contribution in [0.3, 0.4) is 0 Å². The fourth-order valence-corrected chi connectivity index (χ4v) is 2.71. The Kier molecular flexibility index (Phi) is 4.79. The summed E-state index contributed by atoms with van der Waals surface area (Å²) < 4.78 is 38.1. The molecule has 0 aliphatic carbocycles. The third kappa shape index (κ3) is 3.87. The topological polar surface area (TPSA) is 47.0 Å². The lowest BCUT2D eigenvalue weighted by atomic mass is 9.91. The summed E-state index contributed by atoms with van der Waals surface area (Å²) in [6.45, 7) is 3.28. The van der Waals surface area contributed by atoms with E-state index < -0.39 is 11.8 Å². The Morgan fingerprint density at radius 2 is 1.62 bits per heavy atom. The highest BCUT2D eigenvalue weighted by molar-refractivity contribution is 5.78. The van der Waals surface area contributed by atoms with E-state index in [1.807, 2.05) is 7.05 Å². The van der Waals surface area contributed by atoms with Crippen molar-refractivity contribution in [1.29, 1.82) is 0 Å². The number of piperazine rings is 1. The van der Waals surface area contributed by atoms with Gasteiger partial charge in [-0.25, -0.2) is 0 Å². The van der Waals surface area contributed by atoms with Gasteiger partial charge >= 0.3 is 6.18 Å². The van der Waals surface area contributed by atoms with Gasteiger partial charge in [0.15, 0.2) is 5.60 Å². The molecule has 2 aliphatic rings. The van der Waals surface area contributed by atoms with Crippen molar-refractivity contribution in [1.82, 2.24) is 14.7 Å². The number of halogens is 3. The van der Waals surface area contributed by atoms with Gasteiger partial charge in [0.1, 0.15) is 0 Å². The molecule has 8 heteroatoms. The van der Waals surface area contributed by atoms with E-state index in [-0.39, 0.29) is 38.4 Å². The number of aliphatic hydroxyl groups is 1. The Hall–Kier alpha value is -0.860. The molecule has 2 saturated heterocycles. The second-order valence-electron chi connectivity index (χ2n) is 5.99. The Bertz CT molecular complexity index is 373. The summed E-state index contributed by atoms with van der Waals surface area (Å²) in [5.74, 6) is -0.0412. The van der Waals surface area contributed by atoms with E-state index in [9.17, 15) is 23.1 Å². The van der Waals surface area contributed by atoms with E-state index in [0.717, 1.165) is 13.1 Å². The van der Waals surface area contributed by atoms with Crippen LogP contribution >= 0.6 is 0 Å². The molecule has 0 atom stereocenters. The molecule has 0 radical (unpaired) electrons. The third-order valence-corrected chi connectivity index (χ3v) is 4.43. The molecule has 2 aliphatic heterocycles. The minimum atomic E-state index is -4.60. The van der Waals surface area contributed by atoms with Crippen LogP contribution in [0.15, 0.2) is 0 Å². The first-order valence-electron chi connectivity index (χ1n) is 7.19. The fourth-order valence-electron chi connectivity index (χ4n) is 2.71. The molecule has 0 aromatic heterocycles. The number of alkyl halides is 3. The molecule has 0 unspecified atom stereocenters. The normalized spacial score (nSPS) is 25.1. The third-order valence-electron chi connectivity index (χ3n) is 4.43. The molecule has 0 aromatic carbocycles. The maximum atomic E-state index is 12.7. The zero-order chi connectivity index (χ0) is 15.7. The van der Waals surface area contributed by atoms with E-state index in [1.165, 1.54) is 0 Å². The number of likely N-dealkylation sites (N-methyl/N-ethyl adjacent to an activating group) is 1. The number of likely N-dealkylation sites (tertiary alicyclic amines) is 1. The first-order chi connectivity index (χ1) is 9.71. The monoisotopic (exact) mass is 309 g/mol. The predicted octanol–water partition coefficient (Wildman–Crippen LogP) is 0.150. The van der Waals surface area contributed by atoms with Crippen LogP contribution in [0.1, 0.15) is 12.8 Å². The number of rotatable bonds is 2. The van der Waals surface area contributed by atoms with Gasteiger partial charge in [0.25, 0.3) is 0 Å². The van der Waals surface area contributed by atoms with Crippen LogP contribution in [-0.2, 0) is 4.79 Å². The predicted molar refractivity (Wildman–Crippen MR) is 70.8 cm³/mol. The molecule has 2 rings (SSSR count). The molecule has 0 spiro atoms. The molecule has 1 N–H and O–H groups in total. The number of hydrogen-bond donors (Lipinski definition) is 1. The van der Waals surface area contributed by atoms with Crippen LogP contribution in [0.4, 0.5) is 13.2 Å². The molecule has 0 saturated carbocycles. The van der Waals surface area contributed by atoms with Crippen LogP contribution in [-0.4, -0.2) is 90.4 Å². The van der Waals surface area contributed by atoms with Crippen molar-refractivity contribution in [2.24, 2.45) is 0 Å². The maximum Gasteiger partial charge on any atom is 0.417 e. The van der Waals surface area contributed by atoms with Crippen molar-refractivity contribution < 1.29 is 23.1 Å². The van der Waals surface area contributed by atoms with E-state index in [4.69, 9.17) is 0 Å². The van der Waals surface area contributed by atoms with Gasteiger partial charge in [-0.15, -0.1) is 0 Å². The van der Waals surface area contributed by atoms with Crippen LogP contribution < -0.4 is 0 Å². The second-order valence-corrected chi connectivity index (χ2v) is 5.99. The van der Waals surface area contributed by atoms with Crippen molar-refractivity contribution in [3.63, 3.8) is 0 Å². The number of carbonyl (C=O) groups is 1. The molecule has 0 bridgehead atoms.